The zero-order chi connectivity index (χ0) is 13.2. The lowest BCUT2D eigenvalue weighted by molar-refractivity contribution is -0.137. The van der Waals surface area contributed by atoms with Gasteiger partial charge in [0.2, 0.25) is 0 Å². The molecule has 0 heterocycles. The highest BCUT2D eigenvalue weighted by Gasteiger charge is 2.64. The molecule has 0 spiro atoms. The van der Waals surface area contributed by atoms with Crippen LogP contribution in [-0.4, -0.2) is 5.54 Å². The van der Waals surface area contributed by atoms with Gasteiger partial charge in [-0.05, 0) is 43.4 Å². The maximum absolute atomic E-state index is 12.6. The van der Waals surface area contributed by atoms with Crippen LogP contribution in [0.25, 0.3) is 0 Å². The fraction of sp³-hybridized carbons (Fsp3) is 0.538. The Morgan fingerprint density at radius 2 is 1.72 bits per heavy atom. The molecule has 2 saturated carbocycles. The molecule has 0 bridgehead atoms. The van der Waals surface area contributed by atoms with Gasteiger partial charge in [-0.1, -0.05) is 17.7 Å². The van der Waals surface area contributed by atoms with E-state index in [1.807, 2.05) is 0 Å². The van der Waals surface area contributed by atoms with Crippen molar-refractivity contribution in [3.63, 3.8) is 0 Å². The Hall–Kier alpha value is -0.740. The van der Waals surface area contributed by atoms with Gasteiger partial charge in [0.25, 0.3) is 0 Å². The second-order valence-electron chi connectivity index (χ2n) is 5.43. The number of hydrogen-bond donors (Lipinski definition) is 1. The van der Waals surface area contributed by atoms with E-state index in [9.17, 15) is 13.2 Å². The van der Waals surface area contributed by atoms with Gasteiger partial charge in [-0.2, -0.15) is 13.2 Å². The minimum Gasteiger partial charge on any atom is -0.324 e. The molecule has 0 saturated heterocycles. The van der Waals surface area contributed by atoms with E-state index in [1.54, 1.807) is 0 Å². The van der Waals surface area contributed by atoms with Crippen molar-refractivity contribution in [2.24, 2.45) is 5.73 Å². The summed E-state index contributed by atoms with van der Waals surface area (Å²) < 4.78 is 37.9. The van der Waals surface area contributed by atoms with Gasteiger partial charge < -0.3 is 5.73 Å². The monoisotopic (exact) mass is 275 g/mol. The van der Waals surface area contributed by atoms with Crippen LogP contribution in [-0.2, 0) is 11.6 Å². The first-order valence-electron chi connectivity index (χ1n) is 5.95. The number of rotatable bonds is 2. The van der Waals surface area contributed by atoms with Crippen molar-refractivity contribution in [2.45, 2.75) is 42.8 Å². The topological polar surface area (TPSA) is 26.0 Å². The van der Waals surface area contributed by atoms with Crippen molar-refractivity contribution < 1.29 is 13.2 Å². The molecule has 0 atom stereocenters. The minimum absolute atomic E-state index is 0.124. The molecule has 98 valence electrons. The van der Waals surface area contributed by atoms with Crippen LogP contribution < -0.4 is 5.73 Å². The molecule has 1 nitrogen and oxygen atoms in total. The third-order valence-corrected chi connectivity index (χ3v) is 4.63. The molecular formula is C13H13ClF3N. The third kappa shape index (κ3) is 1.66. The molecule has 2 fully saturated rings. The first-order valence-corrected chi connectivity index (χ1v) is 6.32. The van der Waals surface area contributed by atoms with Crippen LogP contribution in [0.4, 0.5) is 13.2 Å². The standard InChI is InChI=1S/C13H13ClF3N/c14-10-7-8(1-2-9(10)13(15,16)17)11(3-4-11)12(18)5-6-12/h1-2,7H,3-6,18H2. The Kier molecular flexibility index (Phi) is 2.34. The van der Waals surface area contributed by atoms with Crippen LogP contribution in [0.15, 0.2) is 18.2 Å². The summed E-state index contributed by atoms with van der Waals surface area (Å²) in [7, 11) is 0. The van der Waals surface area contributed by atoms with E-state index < -0.39 is 11.7 Å². The molecule has 2 aliphatic rings. The van der Waals surface area contributed by atoms with Gasteiger partial charge in [-0.3, -0.25) is 0 Å². The Morgan fingerprint density at radius 1 is 1.11 bits per heavy atom. The highest BCUT2D eigenvalue weighted by atomic mass is 35.5. The van der Waals surface area contributed by atoms with Crippen molar-refractivity contribution in [1.29, 1.82) is 0 Å². The molecule has 18 heavy (non-hydrogen) atoms. The average Bonchev–Trinajstić information content (AvgIpc) is 3.10. The largest absolute Gasteiger partial charge is 0.417 e. The van der Waals surface area contributed by atoms with Gasteiger partial charge in [0, 0.05) is 11.0 Å². The first-order chi connectivity index (χ1) is 8.29. The van der Waals surface area contributed by atoms with Gasteiger partial charge >= 0.3 is 6.18 Å². The smallest absolute Gasteiger partial charge is 0.324 e. The molecule has 2 N–H and O–H groups in total. The van der Waals surface area contributed by atoms with Crippen molar-refractivity contribution in [1.82, 2.24) is 0 Å². The van der Waals surface area contributed by atoms with Crippen LogP contribution in [0.2, 0.25) is 5.02 Å². The lowest BCUT2D eigenvalue weighted by Crippen LogP contribution is -2.37. The summed E-state index contributed by atoms with van der Waals surface area (Å²) in [4.78, 5) is 0. The van der Waals surface area contributed by atoms with Crippen molar-refractivity contribution in [3.05, 3.63) is 34.3 Å². The van der Waals surface area contributed by atoms with Crippen LogP contribution in [0.1, 0.15) is 36.8 Å². The predicted octanol–water partition coefficient (Wildman–Crippen LogP) is 3.88. The Morgan fingerprint density at radius 3 is 2.11 bits per heavy atom. The van der Waals surface area contributed by atoms with Crippen LogP contribution >= 0.6 is 11.6 Å². The molecular weight excluding hydrogens is 263 g/mol. The van der Waals surface area contributed by atoms with Gasteiger partial charge in [0.1, 0.15) is 0 Å². The molecule has 5 heteroatoms. The van der Waals surface area contributed by atoms with Crippen LogP contribution in [0.3, 0.4) is 0 Å². The Labute approximate surface area is 108 Å². The Balaban J connectivity index is 1.99. The number of halogens is 4. The highest BCUT2D eigenvalue weighted by Crippen LogP contribution is 2.63. The SMILES string of the molecule is NC1(C2(c3ccc(C(F)(F)F)c(Cl)c3)CC2)CC1. The highest BCUT2D eigenvalue weighted by molar-refractivity contribution is 6.31. The number of alkyl halides is 3. The summed E-state index contributed by atoms with van der Waals surface area (Å²) in [6.45, 7) is 0. The van der Waals surface area contributed by atoms with E-state index in [-0.39, 0.29) is 16.0 Å². The molecule has 2 aliphatic carbocycles. The van der Waals surface area contributed by atoms with E-state index in [4.69, 9.17) is 17.3 Å². The second-order valence-corrected chi connectivity index (χ2v) is 5.84. The average molecular weight is 276 g/mol. The lowest BCUT2D eigenvalue weighted by Gasteiger charge is -2.24. The van der Waals surface area contributed by atoms with Gasteiger partial charge in [-0.25, -0.2) is 0 Å². The summed E-state index contributed by atoms with van der Waals surface area (Å²) in [6.07, 6.45) is -0.597. The summed E-state index contributed by atoms with van der Waals surface area (Å²) in [5.41, 5.74) is 5.98. The third-order valence-electron chi connectivity index (χ3n) is 4.32. The van der Waals surface area contributed by atoms with Crippen LogP contribution in [0.5, 0.6) is 0 Å². The van der Waals surface area contributed by atoms with Crippen molar-refractivity contribution in [2.75, 3.05) is 0 Å². The maximum Gasteiger partial charge on any atom is 0.417 e. The molecule has 0 radical (unpaired) electrons. The fourth-order valence-corrected chi connectivity index (χ4v) is 3.14. The van der Waals surface area contributed by atoms with E-state index >= 15 is 0 Å². The molecule has 0 amide bonds. The summed E-state index contributed by atoms with van der Waals surface area (Å²) in [5.74, 6) is 0. The molecule has 0 aliphatic heterocycles. The fourth-order valence-electron chi connectivity index (χ4n) is 2.85. The number of hydrogen-bond acceptors (Lipinski definition) is 1. The van der Waals surface area contributed by atoms with E-state index in [0.29, 0.717) is 0 Å². The van der Waals surface area contributed by atoms with Gasteiger partial charge in [0.05, 0.1) is 10.6 Å². The van der Waals surface area contributed by atoms with Crippen molar-refractivity contribution >= 4 is 11.6 Å². The maximum atomic E-state index is 12.6. The van der Waals surface area contributed by atoms with E-state index in [1.165, 1.54) is 12.1 Å². The zero-order valence-corrected chi connectivity index (χ0v) is 10.4. The molecule has 0 aromatic heterocycles. The Bertz CT molecular complexity index is 501. The first kappa shape index (κ1) is 12.3. The quantitative estimate of drug-likeness (QED) is 0.871. The molecule has 3 rings (SSSR count). The summed E-state index contributed by atoms with van der Waals surface area (Å²) >= 11 is 5.76. The second kappa shape index (κ2) is 3.42. The molecule has 1 aromatic rings. The number of nitrogens with two attached hydrogens (primary N) is 1. The number of benzene rings is 1. The summed E-state index contributed by atoms with van der Waals surface area (Å²) in [5, 5.41) is -0.226. The minimum atomic E-state index is -4.40. The normalized spacial score (nSPS) is 23.8. The van der Waals surface area contributed by atoms with Crippen LogP contribution in [0, 0.1) is 0 Å². The summed E-state index contributed by atoms with van der Waals surface area (Å²) in [6, 6.07) is 4.06. The van der Waals surface area contributed by atoms with E-state index in [2.05, 4.69) is 0 Å². The molecule has 1 aromatic carbocycles. The molecule has 0 unspecified atom stereocenters. The lowest BCUT2D eigenvalue weighted by atomic mass is 9.86. The predicted molar refractivity (Wildman–Crippen MR) is 63.5 cm³/mol. The van der Waals surface area contributed by atoms with Crippen molar-refractivity contribution in [3.8, 4) is 0 Å². The van der Waals surface area contributed by atoms with E-state index in [0.717, 1.165) is 37.3 Å². The van der Waals surface area contributed by atoms with Gasteiger partial charge in [0.15, 0.2) is 0 Å². The van der Waals surface area contributed by atoms with Gasteiger partial charge in [-0.15, -0.1) is 0 Å². The zero-order valence-electron chi connectivity index (χ0n) is 9.65.